The van der Waals surface area contributed by atoms with Crippen LogP contribution in [0.15, 0.2) is 217 Å². The van der Waals surface area contributed by atoms with Crippen LogP contribution in [0.4, 0.5) is 0 Å². The van der Waals surface area contributed by atoms with E-state index in [1.165, 1.54) is 27.3 Å². The van der Waals surface area contributed by atoms with Crippen LogP contribution in [0.2, 0.25) is 0 Å². The number of nitrogens with zero attached hydrogens (tertiary/aromatic N) is 3. The predicted molar refractivity (Wildman–Crippen MR) is 267 cm³/mol. The van der Waals surface area contributed by atoms with E-state index in [1.54, 1.807) is 0 Å². The molecule has 0 saturated carbocycles. The van der Waals surface area contributed by atoms with E-state index in [0.29, 0.717) is 5.95 Å². The second kappa shape index (κ2) is 13.4. The van der Waals surface area contributed by atoms with Gasteiger partial charge in [-0.05, 0) is 78.2 Å². The molecule has 3 heterocycles. The highest BCUT2D eigenvalue weighted by molar-refractivity contribution is 6.35. The van der Waals surface area contributed by atoms with Gasteiger partial charge in [0.15, 0.2) is 5.58 Å². The highest BCUT2D eigenvalue weighted by Gasteiger charge is 2.26. The summed E-state index contributed by atoms with van der Waals surface area (Å²) in [6, 6.07) is 76.0. The zero-order chi connectivity index (χ0) is 41.9. The van der Waals surface area contributed by atoms with Gasteiger partial charge in [-0.3, -0.25) is 4.57 Å². The molecule has 0 aliphatic carbocycles. The molecule has 0 aliphatic rings. The summed E-state index contributed by atoms with van der Waals surface area (Å²) < 4.78 is 9.32. The Kier molecular flexibility index (Phi) is 7.36. The number of fused-ring (bicyclic) bond motifs is 17. The van der Waals surface area contributed by atoms with Gasteiger partial charge >= 0.3 is 0 Å². The third-order valence-electron chi connectivity index (χ3n) is 13.4. The molecule has 0 bridgehead atoms. The summed E-state index contributed by atoms with van der Waals surface area (Å²) in [7, 11) is 0. The largest absolute Gasteiger partial charge is 0.454 e. The first-order chi connectivity index (χ1) is 31.8. The van der Waals surface area contributed by atoms with Crippen LogP contribution in [0.3, 0.4) is 0 Å². The molecule has 0 N–H and O–H groups in total. The van der Waals surface area contributed by atoms with E-state index in [1.807, 2.05) is 0 Å². The molecule has 0 fully saturated rings. The third-order valence-corrected chi connectivity index (χ3v) is 13.4. The van der Waals surface area contributed by atoms with Crippen LogP contribution in [-0.2, 0) is 0 Å². The normalized spacial score (nSPS) is 12.1. The minimum atomic E-state index is 0.590. The first-order valence-electron chi connectivity index (χ1n) is 21.8. The molecule has 0 aliphatic heterocycles. The van der Waals surface area contributed by atoms with Crippen molar-refractivity contribution in [2.75, 3.05) is 0 Å². The zero-order valence-electron chi connectivity index (χ0n) is 34.5. The van der Waals surface area contributed by atoms with Gasteiger partial charge in [-0.15, -0.1) is 0 Å². The van der Waals surface area contributed by atoms with Gasteiger partial charge in [-0.1, -0.05) is 194 Å². The van der Waals surface area contributed by atoms with Gasteiger partial charge in [0, 0.05) is 37.9 Å². The topological polar surface area (TPSA) is 43.9 Å². The summed E-state index contributed by atoms with van der Waals surface area (Å²) in [5.41, 5.74) is 11.1. The lowest BCUT2D eigenvalue weighted by Crippen LogP contribution is -2.04. The van der Waals surface area contributed by atoms with Crippen molar-refractivity contribution < 1.29 is 4.42 Å². The van der Waals surface area contributed by atoms with Crippen LogP contribution in [0.1, 0.15) is 0 Å². The summed E-state index contributed by atoms with van der Waals surface area (Å²) >= 11 is 0. The van der Waals surface area contributed by atoms with Crippen molar-refractivity contribution in [1.29, 1.82) is 0 Å². The van der Waals surface area contributed by atoms with Gasteiger partial charge in [0.25, 0.3) is 0 Å². The minimum Gasteiger partial charge on any atom is -0.454 e. The standard InChI is InChI=1S/C60H35N3O/c1-2-15-36(16-3-1)37-29-31-39(32-30-37)56-55-45-22-8-6-20-43(45)44-21-7-9-23-47(44)57(55)62-60(61-56)63-51-27-12-10-24-48(51)53-50-35-40(42-26-14-18-38-17-4-5-19-41(38)42)33-34-46(50)54-49-25-11-13-28-52(49)64-59(54)58(53)63/h1-35H. The van der Waals surface area contributed by atoms with Gasteiger partial charge in [0.1, 0.15) is 11.1 Å². The fraction of sp³-hybridized carbons (Fsp3) is 0. The van der Waals surface area contributed by atoms with Crippen molar-refractivity contribution in [3.8, 4) is 39.5 Å². The SMILES string of the molecule is c1ccc(-c2ccc(-c3nc(-n4c5ccccc5c5c6cc(-c7cccc8ccccc78)ccc6c6c7ccccc7oc6c54)nc4c5ccccc5c5ccccc5c34)cc2)cc1. The molecule has 14 rings (SSSR count). The average molecular weight is 814 g/mol. The molecule has 0 atom stereocenters. The molecule has 0 unspecified atom stereocenters. The molecule has 4 nitrogen and oxygen atoms in total. The fourth-order valence-electron chi connectivity index (χ4n) is 10.5. The molecular formula is C60H35N3O. The second-order valence-electron chi connectivity index (χ2n) is 16.8. The summed E-state index contributed by atoms with van der Waals surface area (Å²) in [6.45, 7) is 0. The van der Waals surface area contributed by atoms with Crippen molar-refractivity contribution in [1.82, 2.24) is 14.5 Å². The van der Waals surface area contributed by atoms with Crippen LogP contribution < -0.4 is 0 Å². The monoisotopic (exact) mass is 813 g/mol. The number of benzene rings is 11. The number of rotatable bonds is 4. The Labute approximate surface area is 366 Å². The van der Waals surface area contributed by atoms with E-state index in [9.17, 15) is 0 Å². The van der Waals surface area contributed by atoms with Crippen molar-refractivity contribution in [3.63, 3.8) is 0 Å². The third kappa shape index (κ3) is 4.99. The minimum absolute atomic E-state index is 0.590. The highest BCUT2D eigenvalue weighted by Crippen LogP contribution is 2.48. The molecule has 0 spiro atoms. The highest BCUT2D eigenvalue weighted by atomic mass is 16.3. The van der Waals surface area contributed by atoms with Crippen molar-refractivity contribution in [2.24, 2.45) is 0 Å². The Morgan fingerprint density at radius 3 is 1.78 bits per heavy atom. The zero-order valence-corrected chi connectivity index (χ0v) is 34.5. The maximum absolute atomic E-state index is 7.05. The first-order valence-corrected chi connectivity index (χ1v) is 21.8. The van der Waals surface area contributed by atoms with Gasteiger partial charge < -0.3 is 4.42 Å². The van der Waals surface area contributed by atoms with E-state index >= 15 is 0 Å². The second-order valence-corrected chi connectivity index (χ2v) is 16.8. The molecule has 3 aromatic heterocycles. The predicted octanol–water partition coefficient (Wildman–Crippen LogP) is 16.2. The Morgan fingerprint density at radius 1 is 0.359 bits per heavy atom. The number of para-hydroxylation sites is 2. The summed E-state index contributed by atoms with van der Waals surface area (Å²) in [4.78, 5) is 11.4. The van der Waals surface area contributed by atoms with Crippen molar-refractivity contribution in [3.05, 3.63) is 212 Å². The number of hydrogen-bond acceptors (Lipinski definition) is 3. The summed E-state index contributed by atoms with van der Waals surface area (Å²) in [5.74, 6) is 0.590. The van der Waals surface area contributed by atoms with Crippen LogP contribution in [0, 0.1) is 0 Å². The quantitative estimate of drug-likeness (QED) is 0.166. The fourth-order valence-corrected chi connectivity index (χ4v) is 10.5. The lowest BCUT2D eigenvalue weighted by molar-refractivity contribution is 0.671. The smallest absolute Gasteiger partial charge is 0.235 e. The van der Waals surface area contributed by atoms with E-state index in [2.05, 4.69) is 217 Å². The van der Waals surface area contributed by atoms with Gasteiger partial charge in [-0.2, -0.15) is 0 Å². The summed E-state index contributed by atoms with van der Waals surface area (Å²) in [5, 5.41) is 14.7. The lowest BCUT2D eigenvalue weighted by Gasteiger charge is -2.16. The maximum Gasteiger partial charge on any atom is 0.235 e. The van der Waals surface area contributed by atoms with Crippen LogP contribution in [-0.4, -0.2) is 14.5 Å². The molecule has 296 valence electrons. The lowest BCUT2D eigenvalue weighted by atomic mass is 9.93. The molecule has 0 amide bonds. The number of aromatic nitrogens is 3. The first kappa shape index (κ1) is 35.0. The Bertz CT molecular complexity index is 4230. The van der Waals surface area contributed by atoms with E-state index in [0.717, 1.165) is 104 Å². The Balaban J connectivity index is 1.15. The van der Waals surface area contributed by atoms with Gasteiger partial charge in [0.2, 0.25) is 5.95 Å². The number of hydrogen-bond donors (Lipinski definition) is 0. The Hall–Kier alpha value is -8.60. The summed E-state index contributed by atoms with van der Waals surface area (Å²) in [6.07, 6.45) is 0. The van der Waals surface area contributed by atoms with Gasteiger partial charge in [0.05, 0.1) is 16.7 Å². The molecule has 14 aromatic rings. The van der Waals surface area contributed by atoms with E-state index in [-0.39, 0.29) is 0 Å². The van der Waals surface area contributed by atoms with Crippen LogP contribution >= 0.6 is 0 Å². The Morgan fingerprint density at radius 2 is 0.953 bits per heavy atom. The van der Waals surface area contributed by atoms with Crippen LogP contribution in [0.5, 0.6) is 0 Å². The molecule has 0 radical (unpaired) electrons. The maximum atomic E-state index is 7.05. The van der Waals surface area contributed by atoms with Gasteiger partial charge in [-0.25, -0.2) is 9.97 Å². The van der Waals surface area contributed by atoms with Crippen molar-refractivity contribution >= 4 is 97.7 Å². The molecular weight excluding hydrogens is 779 g/mol. The molecule has 0 saturated heterocycles. The molecule has 4 heteroatoms. The van der Waals surface area contributed by atoms with Crippen LogP contribution in [0.25, 0.3) is 137 Å². The number of furan rings is 1. The average Bonchev–Trinajstić information content (AvgIpc) is 3.93. The molecule has 11 aromatic carbocycles. The van der Waals surface area contributed by atoms with E-state index < -0.39 is 0 Å². The van der Waals surface area contributed by atoms with E-state index in [4.69, 9.17) is 14.4 Å². The molecule has 64 heavy (non-hydrogen) atoms. The van der Waals surface area contributed by atoms with Crippen molar-refractivity contribution in [2.45, 2.75) is 0 Å².